The second kappa shape index (κ2) is 5.53. The van der Waals surface area contributed by atoms with Gasteiger partial charge in [-0.1, -0.05) is 60.7 Å². The van der Waals surface area contributed by atoms with Crippen LogP contribution < -0.4 is 0 Å². The van der Waals surface area contributed by atoms with E-state index in [0.29, 0.717) is 6.42 Å². The zero-order chi connectivity index (χ0) is 14.8. The van der Waals surface area contributed by atoms with Gasteiger partial charge in [0.05, 0.1) is 0 Å². The average molecular weight is 274 g/mol. The minimum atomic E-state index is 0.235. The maximum Gasteiger partial charge on any atom is 0.163 e. The van der Waals surface area contributed by atoms with E-state index in [-0.39, 0.29) is 5.78 Å². The van der Waals surface area contributed by atoms with Gasteiger partial charge in [0.2, 0.25) is 0 Å². The van der Waals surface area contributed by atoms with Crippen molar-refractivity contribution in [1.29, 1.82) is 0 Å². The molecule has 0 aliphatic heterocycles. The average Bonchev–Trinajstić information content (AvgIpc) is 2.84. The molecular formula is C20H18O. The van der Waals surface area contributed by atoms with E-state index in [4.69, 9.17) is 0 Å². The molecule has 0 radical (unpaired) electrons. The summed E-state index contributed by atoms with van der Waals surface area (Å²) in [5.41, 5.74) is 6.66. The zero-order valence-electron chi connectivity index (χ0n) is 12.4. The Balaban J connectivity index is 2.18. The maximum atomic E-state index is 12.2. The van der Waals surface area contributed by atoms with Gasteiger partial charge in [-0.15, -0.1) is 0 Å². The summed E-state index contributed by atoms with van der Waals surface area (Å²) in [7, 11) is 0. The summed E-state index contributed by atoms with van der Waals surface area (Å²) in [6.07, 6.45) is 0.511. The fourth-order valence-electron chi connectivity index (χ4n) is 2.93. The van der Waals surface area contributed by atoms with E-state index in [1.54, 1.807) is 0 Å². The van der Waals surface area contributed by atoms with Crippen molar-refractivity contribution in [3.05, 3.63) is 82.9 Å². The van der Waals surface area contributed by atoms with Gasteiger partial charge in [-0.2, -0.15) is 0 Å². The molecule has 21 heavy (non-hydrogen) atoms. The lowest BCUT2D eigenvalue weighted by Crippen LogP contribution is -1.92. The molecule has 1 heteroatoms. The van der Waals surface area contributed by atoms with Crippen LogP contribution in [0.5, 0.6) is 0 Å². The minimum absolute atomic E-state index is 0.235. The van der Waals surface area contributed by atoms with Crippen LogP contribution in [0.4, 0.5) is 0 Å². The molecule has 0 heterocycles. The van der Waals surface area contributed by atoms with Crippen LogP contribution in [-0.4, -0.2) is 5.78 Å². The molecule has 2 aromatic carbocycles. The Kier molecular flexibility index (Phi) is 3.57. The van der Waals surface area contributed by atoms with E-state index in [9.17, 15) is 4.79 Å². The Morgan fingerprint density at radius 1 is 0.905 bits per heavy atom. The molecule has 1 aliphatic carbocycles. The molecule has 0 amide bonds. The van der Waals surface area contributed by atoms with Crippen molar-refractivity contribution in [2.24, 2.45) is 0 Å². The van der Waals surface area contributed by atoms with Gasteiger partial charge < -0.3 is 0 Å². The molecule has 0 aromatic heterocycles. The molecule has 1 nitrogen and oxygen atoms in total. The van der Waals surface area contributed by atoms with Gasteiger partial charge >= 0.3 is 0 Å². The highest BCUT2D eigenvalue weighted by molar-refractivity contribution is 6.15. The first-order valence-corrected chi connectivity index (χ1v) is 7.23. The molecule has 0 saturated carbocycles. The maximum absolute atomic E-state index is 12.2. The molecule has 3 rings (SSSR count). The van der Waals surface area contributed by atoms with Crippen LogP contribution in [0.15, 0.2) is 71.8 Å². The van der Waals surface area contributed by atoms with Gasteiger partial charge in [0.1, 0.15) is 0 Å². The SMILES string of the molecule is CC1=C(c2ccccc2)/C(=C(/C)c2ccccc2)CC1=O. The van der Waals surface area contributed by atoms with E-state index in [0.717, 1.165) is 22.3 Å². The lowest BCUT2D eigenvalue weighted by molar-refractivity contribution is -0.114. The van der Waals surface area contributed by atoms with Crippen molar-refractivity contribution in [2.75, 3.05) is 0 Å². The number of benzene rings is 2. The Morgan fingerprint density at radius 2 is 1.48 bits per heavy atom. The van der Waals surface area contributed by atoms with Gasteiger partial charge in [0.25, 0.3) is 0 Å². The summed E-state index contributed by atoms with van der Waals surface area (Å²) >= 11 is 0. The molecule has 0 fully saturated rings. The van der Waals surface area contributed by atoms with Crippen LogP contribution >= 0.6 is 0 Å². The predicted octanol–water partition coefficient (Wildman–Crippen LogP) is 4.91. The summed E-state index contributed by atoms with van der Waals surface area (Å²) in [4.78, 5) is 12.2. The summed E-state index contributed by atoms with van der Waals surface area (Å²) < 4.78 is 0. The zero-order valence-corrected chi connectivity index (χ0v) is 12.4. The van der Waals surface area contributed by atoms with Crippen molar-refractivity contribution in [3.63, 3.8) is 0 Å². The van der Waals surface area contributed by atoms with E-state index in [2.05, 4.69) is 31.2 Å². The van der Waals surface area contributed by atoms with Crippen LogP contribution in [0.1, 0.15) is 31.4 Å². The smallest absolute Gasteiger partial charge is 0.163 e. The number of hydrogen-bond donors (Lipinski definition) is 0. The lowest BCUT2D eigenvalue weighted by atomic mass is 9.92. The fourth-order valence-corrected chi connectivity index (χ4v) is 2.93. The standard InChI is InChI=1S/C20H18O/c1-14(16-9-5-3-6-10-16)18-13-19(21)15(2)20(18)17-11-7-4-8-12-17/h3-12H,13H2,1-2H3/b18-14-. The number of carbonyl (C=O) groups is 1. The Morgan fingerprint density at radius 3 is 2.10 bits per heavy atom. The second-order valence-corrected chi connectivity index (χ2v) is 5.44. The Labute approximate surface area is 125 Å². The quantitative estimate of drug-likeness (QED) is 0.760. The first-order valence-electron chi connectivity index (χ1n) is 7.23. The van der Waals surface area contributed by atoms with Crippen LogP contribution in [0.3, 0.4) is 0 Å². The summed E-state index contributed by atoms with van der Waals surface area (Å²) in [6.45, 7) is 4.05. The highest BCUT2D eigenvalue weighted by Crippen LogP contribution is 2.40. The highest BCUT2D eigenvalue weighted by atomic mass is 16.1. The molecule has 2 aromatic rings. The summed E-state index contributed by atoms with van der Waals surface area (Å²) in [5.74, 6) is 0.235. The van der Waals surface area contributed by atoms with Crippen LogP contribution in [0.2, 0.25) is 0 Å². The summed E-state index contributed by atoms with van der Waals surface area (Å²) in [6, 6.07) is 20.5. The number of ketones is 1. The first-order chi connectivity index (χ1) is 10.2. The molecule has 0 unspecified atom stereocenters. The van der Waals surface area contributed by atoms with Gasteiger partial charge in [0, 0.05) is 12.0 Å². The fraction of sp³-hybridized carbons (Fsp3) is 0.150. The normalized spacial score (nSPS) is 17.3. The summed E-state index contributed by atoms with van der Waals surface area (Å²) in [5, 5.41) is 0. The third-order valence-electron chi connectivity index (χ3n) is 4.15. The molecule has 0 bridgehead atoms. The van der Waals surface area contributed by atoms with Crippen molar-refractivity contribution in [2.45, 2.75) is 20.3 Å². The Hall–Kier alpha value is -2.41. The van der Waals surface area contributed by atoms with Crippen LogP contribution in [0.25, 0.3) is 11.1 Å². The van der Waals surface area contributed by atoms with Crippen molar-refractivity contribution < 1.29 is 4.79 Å². The monoisotopic (exact) mass is 274 g/mol. The third kappa shape index (κ3) is 2.47. The van der Waals surface area contributed by atoms with Crippen molar-refractivity contribution >= 4 is 16.9 Å². The largest absolute Gasteiger partial charge is 0.294 e. The van der Waals surface area contributed by atoms with Gasteiger partial charge in [0.15, 0.2) is 5.78 Å². The minimum Gasteiger partial charge on any atom is -0.294 e. The molecule has 0 spiro atoms. The Bertz CT molecular complexity index is 734. The van der Waals surface area contributed by atoms with Crippen LogP contribution in [-0.2, 0) is 4.79 Å². The number of hydrogen-bond acceptors (Lipinski definition) is 1. The molecule has 0 N–H and O–H groups in total. The molecule has 0 saturated heterocycles. The molecule has 104 valence electrons. The molecule has 1 aliphatic rings. The third-order valence-corrected chi connectivity index (χ3v) is 4.15. The molecular weight excluding hydrogens is 256 g/mol. The number of carbonyl (C=O) groups excluding carboxylic acids is 1. The van der Waals surface area contributed by atoms with Gasteiger partial charge in [-0.05, 0) is 41.7 Å². The first kappa shape index (κ1) is 13.6. The number of rotatable bonds is 2. The van der Waals surface area contributed by atoms with E-state index < -0.39 is 0 Å². The van der Waals surface area contributed by atoms with E-state index in [1.165, 1.54) is 11.1 Å². The van der Waals surface area contributed by atoms with Crippen molar-refractivity contribution in [3.8, 4) is 0 Å². The number of allylic oxidation sites excluding steroid dienone is 4. The molecule has 0 atom stereocenters. The van der Waals surface area contributed by atoms with E-state index in [1.807, 2.05) is 43.3 Å². The topological polar surface area (TPSA) is 17.1 Å². The van der Waals surface area contributed by atoms with Crippen molar-refractivity contribution in [1.82, 2.24) is 0 Å². The van der Waals surface area contributed by atoms with Crippen LogP contribution in [0, 0.1) is 0 Å². The highest BCUT2D eigenvalue weighted by Gasteiger charge is 2.27. The van der Waals surface area contributed by atoms with E-state index >= 15 is 0 Å². The predicted molar refractivity (Wildman–Crippen MR) is 87.7 cm³/mol. The second-order valence-electron chi connectivity index (χ2n) is 5.44. The lowest BCUT2D eigenvalue weighted by Gasteiger charge is -2.11. The van der Waals surface area contributed by atoms with Gasteiger partial charge in [-0.3, -0.25) is 4.79 Å². The number of Topliss-reactive ketones (excluding diaryl/α,β-unsaturated/α-hetero) is 1. The van der Waals surface area contributed by atoms with Gasteiger partial charge in [-0.25, -0.2) is 0 Å².